The van der Waals surface area contributed by atoms with E-state index >= 15 is 0 Å². The van der Waals surface area contributed by atoms with E-state index in [-0.39, 0.29) is 0 Å². The van der Waals surface area contributed by atoms with Crippen LogP contribution in [0.25, 0.3) is 0 Å². The summed E-state index contributed by atoms with van der Waals surface area (Å²) in [5, 5.41) is 28.2. The molecule has 4 N–H and O–H groups in total. The molecule has 1 aromatic rings. The summed E-state index contributed by atoms with van der Waals surface area (Å²) in [4.78, 5) is 58.0. The maximum absolute atomic E-state index is 12.1. The van der Waals surface area contributed by atoms with Crippen molar-refractivity contribution in [1.29, 1.82) is 0 Å². The topological polar surface area (TPSA) is 194 Å². The molecule has 0 aliphatic carbocycles. The highest BCUT2D eigenvalue weighted by Crippen LogP contribution is 2.39. The van der Waals surface area contributed by atoms with Gasteiger partial charge in [0.05, 0.1) is 12.3 Å². The van der Waals surface area contributed by atoms with Gasteiger partial charge in [0.1, 0.15) is 24.7 Å². The second-order valence-electron chi connectivity index (χ2n) is 6.22. The highest BCUT2D eigenvalue weighted by atomic mass is 16.6. The summed E-state index contributed by atoms with van der Waals surface area (Å²) in [5.74, 6) is -3.82. The molecule has 1 aromatic heterocycles. The number of H-pyrrole nitrogens is 1. The second kappa shape index (κ2) is 8.70. The minimum atomic E-state index is -1.95. The summed E-state index contributed by atoms with van der Waals surface area (Å²) in [6.07, 6.45) is -2.35. The third-order valence-corrected chi connectivity index (χ3v) is 3.96. The molecular formula is C16H18N2O11. The van der Waals surface area contributed by atoms with E-state index in [0.29, 0.717) is 6.08 Å². The summed E-state index contributed by atoms with van der Waals surface area (Å²) < 4.78 is 16.5. The number of aliphatic carboxylic acids is 2. The lowest BCUT2D eigenvalue weighted by atomic mass is 9.96. The smallest absolute Gasteiger partial charge is 0.331 e. The van der Waals surface area contributed by atoms with Crippen LogP contribution < -0.4 is 11.2 Å². The van der Waals surface area contributed by atoms with Crippen molar-refractivity contribution < 1.29 is 43.9 Å². The summed E-state index contributed by atoms with van der Waals surface area (Å²) in [6, 6.07) is 1.02. The number of aliphatic hydroxyl groups is 1. The van der Waals surface area contributed by atoms with E-state index in [2.05, 4.69) is 0 Å². The summed E-state index contributed by atoms with van der Waals surface area (Å²) in [5.41, 5.74) is -3.53. The molecule has 158 valence electrons. The van der Waals surface area contributed by atoms with Gasteiger partial charge in [0.25, 0.3) is 5.56 Å². The third kappa shape index (κ3) is 5.30. The zero-order valence-corrected chi connectivity index (χ0v) is 15.0. The van der Waals surface area contributed by atoms with Gasteiger partial charge in [-0.15, -0.1) is 0 Å². The van der Waals surface area contributed by atoms with Crippen molar-refractivity contribution in [1.82, 2.24) is 9.55 Å². The van der Waals surface area contributed by atoms with E-state index in [1.807, 2.05) is 4.98 Å². The molecule has 0 amide bonds. The first-order valence-electron chi connectivity index (χ1n) is 8.14. The first kappa shape index (κ1) is 21.8. The molecule has 0 radical (unpaired) electrons. The van der Waals surface area contributed by atoms with Crippen LogP contribution in [0.1, 0.15) is 19.6 Å². The number of nitrogens with zero attached hydrogens (tertiary/aromatic N) is 1. The van der Waals surface area contributed by atoms with Crippen LogP contribution in [0.15, 0.2) is 34.2 Å². The fourth-order valence-corrected chi connectivity index (χ4v) is 2.73. The van der Waals surface area contributed by atoms with Gasteiger partial charge >= 0.3 is 23.6 Å². The number of hydrogen-bond acceptors (Lipinski definition) is 9. The van der Waals surface area contributed by atoms with E-state index in [9.17, 15) is 29.1 Å². The molecule has 29 heavy (non-hydrogen) atoms. The lowest BCUT2D eigenvalue weighted by molar-refractivity contribution is -0.155. The van der Waals surface area contributed by atoms with E-state index in [0.717, 1.165) is 23.1 Å². The Balaban J connectivity index is 2.29. The van der Waals surface area contributed by atoms with Gasteiger partial charge in [0, 0.05) is 12.3 Å². The van der Waals surface area contributed by atoms with E-state index in [4.69, 9.17) is 24.4 Å². The fraction of sp³-hybridized carbons (Fsp3) is 0.438. The van der Waals surface area contributed by atoms with Crippen molar-refractivity contribution in [2.24, 2.45) is 0 Å². The Morgan fingerprint density at radius 3 is 2.62 bits per heavy atom. The van der Waals surface area contributed by atoms with Crippen LogP contribution in [0.5, 0.6) is 0 Å². The fourth-order valence-electron chi connectivity index (χ4n) is 2.73. The standard InChI is InChI=1S/C16H18N2O11/c1-16(26)13(27-5-3-10(20)21)8(7-28-12(24)6-11(22)23)29-14(16)18-4-2-9(19)17-15(18)25/h2-5,8,13-14,26H,6-7H2,1H3,(H,20,21)(H,22,23)(H,17,19,25)/b5-3+/t8-,13-,14-,16+/m1/s1. The maximum Gasteiger partial charge on any atom is 0.331 e. The second-order valence-corrected chi connectivity index (χ2v) is 6.22. The zero-order valence-electron chi connectivity index (χ0n) is 15.0. The van der Waals surface area contributed by atoms with Gasteiger partial charge < -0.3 is 29.5 Å². The molecule has 2 heterocycles. The molecule has 0 saturated carbocycles. The van der Waals surface area contributed by atoms with Crippen molar-refractivity contribution >= 4 is 17.9 Å². The number of hydrogen-bond donors (Lipinski definition) is 4. The van der Waals surface area contributed by atoms with Gasteiger partial charge in [0.15, 0.2) is 12.3 Å². The Kier molecular flexibility index (Phi) is 6.56. The molecule has 13 nitrogen and oxygen atoms in total. The van der Waals surface area contributed by atoms with Crippen LogP contribution in [0.4, 0.5) is 0 Å². The van der Waals surface area contributed by atoms with Crippen molar-refractivity contribution in [3.05, 3.63) is 45.4 Å². The monoisotopic (exact) mass is 414 g/mol. The van der Waals surface area contributed by atoms with Crippen LogP contribution in [-0.4, -0.2) is 67.2 Å². The molecule has 1 aliphatic rings. The van der Waals surface area contributed by atoms with E-state index < -0.39 is 66.2 Å². The predicted octanol–water partition coefficient (Wildman–Crippen LogP) is -1.81. The molecular weight excluding hydrogens is 396 g/mol. The van der Waals surface area contributed by atoms with Crippen LogP contribution in [0.3, 0.4) is 0 Å². The molecule has 2 rings (SSSR count). The van der Waals surface area contributed by atoms with E-state index in [1.54, 1.807) is 0 Å². The minimum Gasteiger partial charge on any atom is -0.492 e. The Hall–Kier alpha value is -3.45. The van der Waals surface area contributed by atoms with Crippen LogP contribution in [0, 0.1) is 0 Å². The molecule has 13 heteroatoms. The van der Waals surface area contributed by atoms with Crippen LogP contribution in [-0.2, 0) is 28.6 Å². The number of carboxylic acids is 2. The SMILES string of the molecule is C[C@]1(O)[C@H](O/C=C/C(=O)O)[C@@H](COC(=O)CC(=O)O)O[C@H]1n1ccc(=O)[nH]c1=O. The average Bonchev–Trinajstić information content (AvgIpc) is 2.83. The Bertz CT molecular complexity index is 929. The lowest BCUT2D eigenvalue weighted by Gasteiger charge is -2.29. The van der Waals surface area contributed by atoms with Crippen molar-refractivity contribution in [3.8, 4) is 0 Å². The highest BCUT2D eigenvalue weighted by molar-refractivity contribution is 5.90. The number of rotatable bonds is 8. The van der Waals surface area contributed by atoms with Crippen LogP contribution in [0.2, 0.25) is 0 Å². The lowest BCUT2D eigenvalue weighted by Crippen LogP contribution is -2.47. The van der Waals surface area contributed by atoms with Gasteiger partial charge in [-0.05, 0) is 6.92 Å². The number of ether oxygens (including phenoxy) is 3. The minimum absolute atomic E-state index is 0.553. The van der Waals surface area contributed by atoms with Crippen molar-refractivity contribution in [2.75, 3.05) is 6.61 Å². The van der Waals surface area contributed by atoms with Gasteiger partial charge in [-0.2, -0.15) is 0 Å². The molecule has 0 spiro atoms. The molecule has 0 unspecified atom stereocenters. The number of carbonyl (C=O) groups excluding carboxylic acids is 1. The summed E-state index contributed by atoms with van der Waals surface area (Å²) >= 11 is 0. The Morgan fingerprint density at radius 1 is 1.34 bits per heavy atom. The number of carbonyl (C=O) groups is 3. The first-order valence-corrected chi connectivity index (χ1v) is 8.14. The molecule has 1 saturated heterocycles. The van der Waals surface area contributed by atoms with Crippen molar-refractivity contribution in [3.63, 3.8) is 0 Å². The number of nitrogens with one attached hydrogen (secondary N) is 1. The third-order valence-electron chi connectivity index (χ3n) is 3.96. The Morgan fingerprint density at radius 2 is 2.03 bits per heavy atom. The number of aromatic amines is 1. The van der Waals surface area contributed by atoms with Gasteiger partial charge in [0.2, 0.25) is 0 Å². The van der Waals surface area contributed by atoms with Crippen molar-refractivity contribution in [2.45, 2.75) is 37.4 Å². The highest BCUT2D eigenvalue weighted by Gasteiger charge is 2.55. The predicted molar refractivity (Wildman–Crippen MR) is 90.7 cm³/mol. The molecule has 1 fully saturated rings. The first-order chi connectivity index (χ1) is 13.5. The molecule has 0 aromatic carbocycles. The summed E-state index contributed by atoms with van der Waals surface area (Å²) in [7, 11) is 0. The van der Waals surface area contributed by atoms with Gasteiger partial charge in [-0.1, -0.05) is 0 Å². The van der Waals surface area contributed by atoms with Gasteiger partial charge in [-0.25, -0.2) is 9.59 Å². The maximum atomic E-state index is 12.1. The normalized spacial score (nSPS) is 26.3. The zero-order chi connectivity index (χ0) is 21.8. The van der Waals surface area contributed by atoms with Crippen LogP contribution >= 0.6 is 0 Å². The molecule has 0 bridgehead atoms. The number of carboxylic acid groups (broad SMARTS) is 2. The summed E-state index contributed by atoms with van der Waals surface area (Å²) in [6.45, 7) is 0.677. The largest absolute Gasteiger partial charge is 0.492 e. The molecule has 1 aliphatic heterocycles. The molecule has 4 atom stereocenters. The van der Waals surface area contributed by atoms with Gasteiger partial charge in [-0.3, -0.25) is 23.9 Å². The van der Waals surface area contributed by atoms with E-state index in [1.165, 1.54) is 6.92 Å². The number of aromatic nitrogens is 2. The average molecular weight is 414 g/mol. The quantitative estimate of drug-likeness (QED) is 0.162. The number of esters is 1. The Labute approximate surface area is 161 Å².